The smallest absolute Gasteiger partial charge is 0.238 e. The lowest BCUT2D eigenvalue weighted by atomic mass is 9.85. The van der Waals surface area contributed by atoms with Crippen molar-refractivity contribution in [2.45, 2.75) is 24.2 Å². The number of benzene rings is 1. The van der Waals surface area contributed by atoms with Gasteiger partial charge in [-0.05, 0) is 37.0 Å². The minimum atomic E-state index is -3.68. The normalized spacial score (nSPS) is 16.3. The Morgan fingerprint density at radius 2 is 2.06 bits per heavy atom. The molecule has 0 heterocycles. The van der Waals surface area contributed by atoms with Crippen LogP contribution < -0.4 is 15.8 Å². The zero-order chi connectivity index (χ0) is 13.3. The van der Waals surface area contributed by atoms with E-state index in [4.69, 9.17) is 10.9 Å². The quantitative estimate of drug-likeness (QED) is 0.802. The molecular formula is C12H19N3O2S. The zero-order valence-corrected chi connectivity index (χ0v) is 11.3. The minimum Gasteiger partial charge on any atom is -0.397 e. The molecule has 0 aromatic heterocycles. The van der Waals surface area contributed by atoms with E-state index in [9.17, 15) is 8.42 Å². The Hall–Kier alpha value is -1.27. The maximum Gasteiger partial charge on any atom is 0.238 e. The molecule has 0 amide bonds. The van der Waals surface area contributed by atoms with Gasteiger partial charge >= 0.3 is 0 Å². The number of rotatable bonds is 4. The molecule has 6 heteroatoms. The molecule has 1 aliphatic carbocycles. The fourth-order valence-corrected chi connectivity index (χ4v) is 2.73. The lowest BCUT2D eigenvalue weighted by molar-refractivity contribution is 0.321. The number of hydrogen-bond acceptors (Lipinski definition) is 4. The van der Waals surface area contributed by atoms with Gasteiger partial charge in [-0.15, -0.1) is 0 Å². The van der Waals surface area contributed by atoms with Crippen molar-refractivity contribution < 1.29 is 8.42 Å². The van der Waals surface area contributed by atoms with E-state index < -0.39 is 10.0 Å². The topological polar surface area (TPSA) is 89.4 Å². The van der Waals surface area contributed by atoms with Crippen LogP contribution in [0.3, 0.4) is 0 Å². The highest BCUT2D eigenvalue weighted by Crippen LogP contribution is 2.31. The number of primary sulfonamides is 1. The van der Waals surface area contributed by atoms with E-state index in [1.807, 2.05) is 11.9 Å². The standard InChI is InChI=1S/C12H19N3O2S/c1-15(8-9-3-2-4-9)12-7-10(18(14,16)17)5-6-11(12)13/h5-7,9H,2-4,8,13H2,1H3,(H2,14,16,17). The van der Waals surface area contributed by atoms with Crippen molar-refractivity contribution in [3.8, 4) is 0 Å². The molecule has 1 fully saturated rings. The van der Waals surface area contributed by atoms with Crippen molar-refractivity contribution in [1.82, 2.24) is 0 Å². The Bertz CT molecular complexity index is 538. The van der Waals surface area contributed by atoms with Crippen LogP contribution in [0.2, 0.25) is 0 Å². The Balaban J connectivity index is 2.25. The first kappa shape index (κ1) is 13.2. The van der Waals surface area contributed by atoms with Gasteiger partial charge in [-0.3, -0.25) is 0 Å². The van der Waals surface area contributed by atoms with Crippen LogP contribution in [0.5, 0.6) is 0 Å². The van der Waals surface area contributed by atoms with Crippen LogP contribution in [0, 0.1) is 5.92 Å². The predicted octanol–water partition coefficient (Wildman–Crippen LogP) is 1.15. The molecule has 1 aliphatic rings. The van der Waals surface area contributed by atoms with E-state index in [1.54, 1.807) is 12.1 Å². The third kappa shape index (κ3) is 2.76. The molecule has 0 atom stereocenters. The minimum absolute atomic E-state index is 0.104. The molecule has 1 saturated carbocycles. The fourth-order valence-electron chi connectivity index (χ4n) is 2.19. The van der Waals surface area contributed by atoms with Gasteiger partial charge in [0.25, 0.3) is 0 Å². The third-order valence-electron chi connectivity index (χ3n) is 3.50. The molecule has 0 saturated heterocycles. The van der Waals surface area contributed by atoms with Crippen LogP contribution in [0.1, 0.15) is 19.3 Å². The molecule has 4 N–H and O–H groups in total. The van der Waals surface area contributed by atoms with Crippen molar-refractivity contribution >= 4 is 21.4 Å². The molecule has 100 valence electrons. The van der Waals surface area contributed by atoms with Gasteiger partial charge in [0.2, 0.25) is 10.0 Å². The van der Waals surface area contributed by atoms with E-state index in [0.717, 1.165) is 12.2 Å². The molecule has 1 aromatic rings. The van der Waals surface area contributed by atoms with E-state index in [-0.39, 0.29) is 4.90 Å². The molecule has 5 nitrogen and oxygen atoms in total. The van der Waals surface area contributed by atoms with Gasteiger partial charge in [0, 0.05) is 13.6 Å². The Kier molecular flexibility index (Phi) is 3.49. The molecular weight excluding hydrogens is 250 g/mol. The van der Waals surface area contributed by atoms with E-state index in [0.29, 0.717) is 11.6 Å². The van der Waals surface area contributed by atoms with Gasteiger partial charge in [0.15, 0.2) is 0 Å². The van der Waals surface area contributed by atoms with E-state index in [2.05, 4.69) is 0 Å². The monoisotopic (exact) mass is 269 g/mol. The summed E-state index contributed by atoms with van der Waals surface area (Å²) >= 11 is 0. The van der Waals surface area contributed by atoms with Crippen LogP contribution in [0.25, 0.3) is 0 Å². The second-order valence-electron chi connectivity index (χ2n) is 4.94. The summed E-state index contributed by atoms with van der Waals surface area (Å²) in [5.74, 6) is 0.688. The summed E-state index contributed by atoms with van der Waals surface area (Å²) in [5.41, 5.74) is 7.19. The average molecular weight is 269 g/mol. The highest BCUT2D eigenvalue weighted by molar-refractivity contribution is 7.89. The maximum atomic E-state index is 11.3. The fraction of sp³-hybridized carbons (Fsp3) is 0.500. The number of anilines is 2. The first-order valence-corrected chi connectivity index (χ1v) is 7.56. The Morgan fingerprint density at radius 3 is 2.56 bits per heavy atom. The van der Waals surface area contributed by atoms with Crippen LogP contribution in [-0.2, 0) is 10.0 Å². The van der Waals surface area contributed by atoms with E-state index in [1.165, 1.54) is 25.3 Å². The van der Waals surface area contributed by atoms with Crippen LogP contribution in [0.4, 0.5) is 11.4 Å². The maximum absolute atomic E-state index is 11.3. The average Bonchev–Trinajstić information content (AvgIpc) is 2.22. The van der Waals surface area contributed by atoms with Gasteiger partial charge in [-0.1, -0.05) is 6.42 Å². The second-order valence-corrected chi connectivity index (χ2v) is 6.50. The molecule has 2 rings (SSSR count). The summed E-state index contributed by atoms with van der Waals surface area (Å²) in [5, 5.41) is 5.13. The molecule has 0 aliphatic heterocycles. The lowest BCUT2D eigenvalue weighted by Gasteiger charge is -2.32. The van der Waals surface area contributed by atoms with Crippen LogP contribution in [0.15, 0.2) is 23.1 Å². The van der Waals surface area contributed by atoms with Gasteiger partial charge < -0.3 is 10.6 Å². The first-order chi connectivity index (χ1) is 8.38. The van der Waals surface area contributed by atoms with Gasteiger partial charge in [0.1, 0.15) is 0 Å². The molecule has 0 unspecified atom stereocenters. The molecule has 0 radical (unpaired) electrons. The van der Waals surface area contributed by atoms with Gasteiger partial charge in [0.05, 0.1) is 16.3 Å². The van der Waals surface area contributed by atoms with E-state index >= 15 is 0 Å². The summed E-state index contributed by atoms with van der Waals surface area (Å²) in [6.07, 6.45) is 3.75. The number of sulfonamides is 1. The molecule has 18 heavy (non-hydrogen) atoms. The second kappa shape index (κ2) is 4.78. The Labute approximate surface area is 108 Å². The number of hydrogen-bond donors (Lipinski definition) is 2. The largest absolute Gasteiger partial charge is 0.397 e. The van der Waals surface area contributed by atoms with Gasteiger partial charge in [-0.25, -0.2) is 13.6 Å². The van der Waals surface area contributed by atoms with Crippen LogP contribution in [-0.4, -0.2) is 22.0 Å². The summed E-state index contributed by atoms with van der Waals surface area (Å²) in [6, 6.07) is 4.57. The third-order valence-corrected chi connectivity index (χ3v) is 4.41. The first-order valence-electron chi connectivity index (χ1n) is 6.01. The number of nitrogen functional groups attached to an aromatic ring is 1. The molecule has 0 spiro atoms. The molecule has 1 aromatic carbocycles. The van der Waals surface area contributed by atoms with Crippen molar-refractivity contribution in [3.63, 3.8) is 0 Å². The summed E-state index contributed by atoms with van der Waals surface area (Å²) in [6.45, 7) is 0.901. The van der Waals surface area contributed by atoms with Crippen molar-refractivity contribution in [2.24, 2.45) is 11.1 Å². The highest BCUT2D eigenvalue weighted by atomic mass is 32.2. The van der Waals surface area contributed by atoms with Crippen molar-refractivity contribution in [3.05, 3.63) is 18.2 Å². The summed E-state index contributed by atoms with van der Waals surface area (Å²) in [4.78, 5) is 2.11. The zero-order valence-electron chi connectivity index (χ0n) is 10.5. The number of nitrogens with zero attached hydrogens (tertiary/aromatic N) is 1. The summed E-state index contributed by atoms with van der Waals surface area (Å²) in [7, 11) is -1.75. The lowest BCUT2D eigenvalue weighted by Crippen LogP contribution is -2.30. The van der Waals surface area contributed by atoms with Crippen LogP contribution >= 0.6 is 0 Å². The van der Waals surface area contributed by atoms with Crippen molar-refractivity contribution in [2.75, 3.05) is 24.2 Å². The molecule has 0 bridgehead atoms. The van der Waals surface area contributed by atoms with Gasteiger partial charge in [-0.2, -0.15) is 0 Å². The Morgan fingerprint density at radius 1 is 1.39 bits per heavy atom. The predicted molar refractivity (Wildman–Crippen MR) is 72.8 cm³/mol. The van der Waals surface area contributed by atoms with Crippen molar-refractivity contribution in [1.29, 1.82) is 0 Å². The highest BCUT2D eigenvalue weighted by Gasteiger charge is 2.20. The summed E-state index contributed by atoms with van der Waals surface area (Å²) < 4.78 is 22.7. The SMILES string of the molecule is CN(CC1CCC1)c1cc(S(N)(=O)=O)ccc1N. The number of nitrogens with two attached hydrogens (primary N) is 2.